The van der Waals surface area contributed by atoms with E-state index in [9.17, 15) is 29.4 Å². The van der Waals surface area contributed by atoms with Crippen molar-refractivity contribution in [2.24, 2.45) is 5.92 Å². The summed E-state index contributed by atoms with van der Waals surface area (Å²) in [7, 11) is 0. The summed E-state index contributed by atoms with van der Waals surface area (Å²) in [5.41, 5.74) is -0.707. The number of carbonyl (C=O) groups excluding carboxylic acids is 4. The number of amides is 4. The van der Waals surface area contributed by atoms with Crippen molar-refractivity contribution in [3.05, 3.63) is 29.8 Å². The molecule has 48 heavy (non-hydrogen) atoms. The SMILES string of the molecule is CC(C)[C@H]1COCC(O)[C@@H](O)COc2ccc(cc2)C[C@@H](NC(=O)NC(CCCCNC(=O)OC(C)(C)C)C(=O)OC(C)(C)C)C(=O)N1. The molecule has 6 N–H and O–H groups in total. The molecule has 2 aliphatic heterocycles. The highest BCUT2D eigenvalue weighted by atomic mass is 16.6. The predicted molar refractivity (Wildman–Crippen MR) is 178 cm³/mol. The van der Waals surface area contributed by atoms with Crippen LogP contribution in [0.15, 0.2) is 24.3 Å². The predicted octanol–water partition coefficient (Wildman–Crippen LogP) is 2.57. The minimum Gasteiger partial charge on any atom is -0.491 e. The summed E-state index contributed by atoms with van der Waals surface area (Å²) >= 11 is 0. The van der Waals surface area contributed by atoms with Crippen LogP contribution in [0, 0.1) is 5.92 Å². The number of alkyl carbamates (subject to hydrolysis) is 1. The Hall–Kier alpha value is -3.62. The third-order valence-electron chi connectivity index (χ3n) is 7.15. The van der Waals surface area contributed by atoms with E-state index >= 15 is 0 Å². The first kappa shape index (κ1) is 40.6. The molecule has 0 saturated carbocycles. The van der Waals surface area contributed by atoms with Gasteiger partial charge >= 0.3 is 18.1 Å². The molecule has 0 aliphatic carbocycles. The molecule has 0 aromatic heterocycles. The number of carbonyl (C=O) groups is 4. The zero-order valence-corrected chi connectivity index (χ0v) is 29.6. The van der Waals surface area contributed by atoms with Gasteiger partial charge in [0.15, 0.2) is 0 Å². The first-order chi connectivity index (χ1) is 22.3. The molecule has 0 saturated heterocycles. The smallest absolute Gasteiger partial charge is 0.407 e. The maximum atomic E-state index is 13.6. The number of nitrogens with one attached hydrogen (secondary N) is 4. The zero-order chi connectivity index (χ0) is 36.1. The van der Waals surface area contributed by atoms with Gasteiger partial charge in [-0.1, -0.05) is 26.0 Å². The number of hydrogen-bond donors (Lipinski definition) is 6. The van der Waals surface area contributed by atoms with Gasteiger partial charge in [0.05, 0.1) is 19.3 Å². The number of hydrogen-bond acceptors (Lipinski definition) is 10. The number of urea groups is 1. The molecule has 1 aromatic rings. The summed E-state index contributed by atoms with van der Waals surface area (Å²) in [4.78, 5) is 52.0. The van der Waals surface area contributed by atoms with Crippen molar-refractivity contribution in [1.29, 1.82) is 0 Å². The summed E-state index contributed by atoms with van der Waals surface area (Å²) in [6.45, 7) is 14.3. The molecule has 0 spiro atoms. The summed E-state index contributed by atoms with van der Waals surface area (Å²) in [6, 6.07) is 3.55. The van der Waals surface area contributed by atoms with Crippen molar-refractivity contribution in [2.45, 2.75) is 123 Å². The standard InChI is InChI=1S/C34H56N4O10/c1-21(2)26-18-45-19-27(39)28(40)20-46-23-14-12-22(13-15-23)17-25(29(41)36-26)38-31(43)37-24(30(42)47-33(3,4)5)11-9-10-16-35-32(44)48-34(6,7)8/h12-15,21,24-28,39-40H,9-11,16-20H2,1-8H3,(H,35,44)(H,36,41)(H2,37,38,43)/t24?,25-,26-,27?,28+/m1/s1. The van der Waals surface area contributed by atoms with Crippen LogP contribution in [0.1, 0.15) is 80.2 Å². The van der Waals surface area contributed by atoms with E-state index in [-0.39, 0.29) is 38.6 Å². The largest absolute Gasteiger partial charge is 0.491 e. The Labute approximate surface area is 284 Å². The van der Waals surface area contributed by atoms with Crippen LogP contribution < -0.4 is 26.0 Å². The molecule has 2 heterocycles. The van der Waals surface area contributed by atoms with Crippen LogP contribution >= 0.6 is 0 Å². The van der Waals surface area contributed by atoms with E-state index in [1.807, 2.05) is 13.8 Å². The maximum absolute atomic E-state index is 13.6. The van der Waals surface area contributed by atoms with Crippen molar-refractivity contribution in [2.75, 3.05) is 26.4 Å². The lowest BCUT2D eigenvalue weighted by atomic mass is 10.0. The number of aliphatic hydroxyl groups excluding tert-OH is 2. The van der Waals surface area contributed by atoms with Crippen LogP contribution in [-0.4, -0.2) is 102 Å². The quantitative estimate of drug-likeness (QED) is 0.167. The first-order valence-corrected chi connectivity index (χ1v) is 16.6. The Bertz CT molecular complexity index is 1180. The number of fused-ring (bicyclic) bond motifs is 13. The molecule has 2 unspecified atom stereocenters. The molecule has 2 aliphatic rings. The molecule has 272 valence electrons. The fourth-order valence-corrected chi connectivity index (χ4v) is 4.53. The number of esters is 1. The molecule has 0 fully saturated rings. The molecule has 5 atom stereocenters. The topological polar surface area (TPSA) is 194 Å². The number of ether oxygens (including phenoxy) is 4. The Balaban J connectivity index is 2.18. The average Bonchev–Trinajstić information content (AvgIpc) is 2.96. The highest BCUT2D eigenvalue weighted by Gasteiger charge is 2.30. The lowest BCUT2D eigenvalue weighted by Gasteiger charge is -2.28. The van der Waals surface area contributed by atoms with Crippen molar-refractivity contribution in [3.8, 4) is 5.75 Å². The number of aliphatic hydroxyl groups is 2. The lowest BCUT2D eigenvalue weighted by Crippen LogP contribution is -2.56. The monoisotopic (exact) mass is 680 g/mol. The van der Waals surface area contributed by atoms with Gasteiger partial charge in [-0.05, 0) is 84.4 Å². The molecule has 0 radical (unpaired) electrons. The van der Waals surface area contributed by atoms with E-state index in [0.29, 0.717) is 30.7 Å². The van der Waals surface area contributed by atoms with Gasteiger partial charge in [-0.15, -0.1) is 0 Å². The van der Waals surface area contributed by atoms with E-state index in [1.165, 1.54) is 0 Å². The van der Waals surface area contributed by atoms with Crippen molar-refractivity contribution >= 4 is 24.0 Å². The number of unbranched alkanes of at least 4 members (excludes halogenated alkanes) is 1. The second-order valence-corrected chi connectivity index (χ2v) is 14.4. The Morgan fingerprint density at radius 3 is 2.17 bits per heavy atom. The van der Waals surface area contributed by atoms with Crippen LogP contribution in [0.3, 0.4) is 0 Å². The van der Waals surface area contributed by atoms with Gasteiger partial charge in [0.25, 0.3) is 0 Å². The Kier molecular flexibility index (Phi) is 15.9. The van der Waals surface area contributed by atoms with Crippen molar-refractivity contribution < 1.29 is 48.3 Å². The molecule has 2 bridgehead atoms. The molecule has 3 rings (SSSR count). The highest BCUT2D eigenvalue weighted by molar-refractivity contribution is 5.89. The summed E-state index contributed by atoms with van der Waals surface area (Å²) in [5.74, 6) is -0.706. The van der Waals surface area contributed by atoms with Crippen LogP contribution in [0.5, 0.6) is 5.75 Å². The van der Waals surface area contributed by atoms with Crippen LogP contribution in [0.4, 0.5) is 9.59 Å². The molecular formula is C34H56N4O10. The second kappa shape index (κ2) is 18.8. The molecular weight excluding hydrogens is 624 g/mol. The lowest BCUT2D eigenvalue weighted by molar-refractivity contribution is -0.157. The van der Waals surface area contributed by atoms with E-state index in [2.05, 4.69) is 21.3 Å². The van der Waals surface area contributed by atoms with Crippen molar-refractivity contribution in [3.63, 3.8) is 0 Å². The third kappa shape index (κ3) is 16.0. The summed E-state index contributed by atoms with van der Waals surface area (Å²) < 4.78 is 22.0. The fourth-order valence-electron chi connectivity index (χ4n) is 4.53. The Morgan fingerprint density at radius 1 is 0.938 bits per heavy atom. The molecule has 1 aromatic carbocycles. The van der Waals surface area contributed by atoms with Gasteiger partial charge in [-0.2, -0.15) is 0 Å². The highest BCUT2D eigenvalue weighted by Crippen LogP contribution is 2.16. The molecule has 4 amide bonds. The van der Waals surface area contributed by atoms with Gasteiger partial charge < -0.3 is 50.4 Å². The number of rotatable bonds is 9. The normalized spacial score (nSPS) is 21.8. The second-order valence-electron chi connectivity index (χ2n) is 14.4. The summed E-state index contributed by atoms with van der Waals surface area (Å²) in [5, 5.41) is 31.5. The van der Waals surface area contributed by atoms with E-state index in [1.54, 1.807) is 65.8 Å². The summed E-state index contributed by atoms with van der Waals surface area (Å²) in [6.07, 6.45) is -1.57. The zero-order valence-electron chi connectivity index (χ0n) is 29.6. The third-order valence-corrected chi connectivity index (χ3v) is 7.15. The van der Waals surface area contributed by atoms with Gasteiger partial charge in [0.2, 0.25) is 5.91 Å². The van der Waals surface area contributed by atoms with Crippen LogP contribution in [0.2, 0.25) is 0 Å². The van der Waals surface area contributed by atoms with Crippen molar-refractivity contribution in [1.82, 2.24) is 21.3 Å². The van der Waals surface area contributed by atoms with Gasteiger partial charge in [0.1, 0.15) is 47.9 Å². The van der Waals surface area contributed by atoms with Crippen LogP contribution in [-0.2, 0) is 30.2 Å². The average molecular weight is 681 g/mol. The minimum atomic E-state index is -1.20. The molecule has 14 heteroatoms. The van der Waals surface area contributed by atoms with Gasteiger partial charge in [-0.3, -0.25) is 4.79 Å². The molecule has 14 nitrogen and oxygen atoms in total. The van der Waals surface area contributed by atoms with Gasteiger partial charge in [0, 0.05) is 13.0 Å². The van der Waals surface area contributed by atoms with E-state index in [0.717, 1.165) is 0 Å². The maximum Gasteiger partial charge on any atom is 0.407 e. The van der Waals surface area contributed by atoms with E-state index in [4.69, 9.17) is 18.9 Å². The van der Waals surface area contributed by atoms with Gasteiger partial charge in [-0.25, -0.2) is 14.4 Å². The van der Waals surface area contributed by atoms with Crippen LogP contribution in [0.25, 0.3) is 0 Å². The first-order valence-electron chi connectivity index (χ1n) is 16.6. The Morgan fingerprint density at radius 2 is 1.56 bits per heavy atom. The minimum absolute atomic E-state index is 0.0597. The number of benzene rings is 1. The fraction of sp³-hybridized carbons (Fsp3) is 0.706. The van der Waals surface area contributed by atoms with E-state index < -0.39 is 65.5 Å².